The molecule has 1 aromatic carbocycles. The molecule has 0 spiro atoms. The molecule has 0 saturated carbocycles. The third kappa shape index (κ3) is 2.72. The zero-order valence-electron chi connectivity index (χ0n) is 12.2. The molecule has 1 atom stereocenters. The maximum absolute atomic E-state index is 12.8. The van der Waals surface area contributed by atoms with Gasteiger partial charge in [-0.25, -0.2) is 0 Å². The van der Waals surface area contributed by atoms with Crippen molar-refractivity contribution in [1.82, 2.24) is 4.90 Å². The molecule has 0 aliphatic carbocycles. The largest absolute Gasteiger partial charge is 0.312 e. The first-order chi connectivity index (χ1) is 10.7. The fourth-order valence-electron chi connectivity index (χ4n) is 2.94. The first-order valence-corrected chi connectivity index (χ1v) is 8.42. The number of carbonyl (C=O) groups is 3. The third-order valence-corrected chi connectivity index (χ3v) is 4.89. The molecule has 0 bridgehead atoms. The van der Waals surface area contributed by atoms with Crippen LogP contribution < -0.4 is 4.90 Å². The maximum Gasteiger partial charge on any atom is 0.302 e. The van der Waals surface area contributed by atoms with E-state index in [1.807, 2.05) is 0 Å². The minimum absolute atomic E-state index is 0.0543. The Morgan fingerprint density at radius 3 is 2.48 bits per heavy atom. The van der Waals surface area contributed by atoms with Crippen LogP contribution in [-0.4, -0.2) is 50.4 Å². The Kier molecular flexibility index (Phi) is 3.47. The number of benzene rings is 1. The van der Waals surface area contributed by atoms with Gasteiger partial charge in [-0.3, -0.25) is 19.3 Å². The van der Waals surface area contributed by atoms with Gasteiger partial charge < -0.3 is 4.90 Å². The number of imide groups is 1. The standard InChI is InChI=1S/C14H13FN2O5S/c1-16-13(19)10-3-2-9(5-11(10)14(16)20)17-6-8(4-12(17)18)7-23(15,21)22/h2-3,5,8H,4,6-7H2,1H3. The van der Waals surface area contributed by atoms with Gasteiger partial charge in [0.15, 0.2) is 0 Å². The Morgan fingerprint density at radius 2 is 1.83 bits per heavy atom. The number of hydrogen-bond acceptors (Lipinski definition) is 5. The topological polar surface area (TPSA) is 91.8 Å². The molecule has 2 heterocycles. The average Bonchev–Trinajstić information content (AvgIpc) is 2.91. The minimum Gasteiger partial charge on any atom is -0.312 e. The van der Waals surface area contributed by atoms with Gasteiger partial charge in [-0.2, -0.15) is 8.42 Å². The number of rotatable bonds is 3. The van der Waals surface area contributed by atoms with E-state index in [9.17, 15) is 26.7 Å². The summed E-state index contributed by atoms with van der Waals surface area (Å²) in [5, 5.41) is 0. The molecular formula is C14H13FN2O5S. The van der Waals surface area contributed by atoms with Crippen molar-refractivity contribution in [1.29, 1.82) is 0 Å². The number of fused-ring (bicyclic) bond motifs is 1. The van der Waals surface area contributed by atoms with Crippen molar-refractivity contribution in [3.05, 3.63) is 29.3 Å². The van der Waals surface area contributed by atoms with Crippen LogP contribution in [0.5, 0.6) is 0 Å². The summed E-state index contributed by atoms with van der Waals surface area (Å²) in [5.74, 6) is -2.55. The first-order valence-electron chi connectivity index (χ1n) is 6.86. The lowest BCUT2D eigenvalue weighted by Gasteiger charge is -2.17. The minimum atomic E-state index is -4.65. The first kappa shape index (κ1) is 15.6. The Hall–Kier alpha value is -2.29. The van der Waals surface area contributed by atoms with Crippen molar-refractivity contribution in [3.8, 4) is 0 Å². The van der Waals surface area contributed by atoms with Crippen LogP contribution in [-0.2, 0) is 15.0 Å². The van der Waals surface area contributed by atoms with Crippen molar-refractivity contribution >= 4 is 33.6 Å². The van der Waals surface area contributed by atoms with E-state index in [-0.39, 0.29) is 30.0 Å². The van der Waals surface area contributed by atoms with E-state index in [2.05, 4.69) is 0 Å². The molecule has 0 aromatic heterocycles. The van der Waals surface area contributed by atoms with E-state index in [4.69, 9.17) is 0 Å². The summed E-state index contributed by atoms with van der Waals surface area (Å²) in [6.07, 6.45) is -0.0764. The highest BCUT2D eigenvalue weighted by Gasteiger charge is 2.36. The predicted octanol–water partition coefficient (Wildman–Crippen LogP) is 0.565. The smallest absolute Gasteiger partial charge is 0.302 e. The summed E-state index contributed by atoms with van der Waals surface area (Å²) in [6.45, 7) is 0.0543. The summed E-state index contributed by atoms with van der Waals surface area (Å²) in [4.78, 5) is 38.1. The molecule has 9 heteroatoms. The maximum atomic E-state index is 12.8. The van der Waals surface area contributed by atoms with Crippen LogP contribution in [0.1, 0.15) is 27.1 Å². The lowest BCUT2D eigenvalue weighted by atomic mass is 10.1. The van der Waals surface area contributed by atoms with Crippen LogP contribution in [0.4, 0.5) is 9.57 Å². The van der Waals surface area contributed by atoms with E-state index >= 15 is 0 Å². The molecule has 1 saturated heterocycles. The Morgan fingerprint density at radius 1 is 1.17 bits per heavy atom. The normalized spacial score (nSPS) is 21.3. The lowest BCUT2D eigenvalue weighted by molar-refractivity contribution is -0.117. The molecule has 1 unspecified atom stereocenters. The number of halogens is 1. The van der Waals surface area contributed by atoms with Gasteiger partial charge in [0.25, 0.3) is 11.8 Å². The third-order valence-electron chi connectivity index (χ3n) is 4.02. The molecule has 3 amide bonds. The summed E-state index contributed by atoms with van der Waals surface area (Å²) in [5.41, 5.74) is 0.851. The van der Waals surface area contributed by atoms with Gasteiger partial charge in [0, 0.05) is 31.6 Å². The van der Waals surface area contributed by atoms with E-state index in [0.717, 1.165) is 4.90 Å². The summed E-state index contributed by atoms with van der Waals surface area (Å²) < 4.78 is 34.2. The molecule has 23 heavy (non-hydrogen) atoms. The fraction of sp³-hybridized carbons (Fsp3) is 0.357. The van der Waals surface area contributed by atoms with E-state index < -0.39 is 33.7 Å². The Bertz CT molecular complexity index is 836. The van der Waals surface area contributed by atoms with Crippen molar-refractivity contribution < 1.29 is 26.7 Å². The van der Waals surface area contributed by atoms with Crippen molar-refractivity contribution in [3.63, 3.8) is 0 Å². The zero-order valence-corrected chi connectivity index (χ0v) is 13.0. The van der Waals surface area contributed by atoms with Crippen molar-refractivity contribution in [2.45, 2.75) is 6.42 Å². The lowest BCUT2D eigenvalue weighted by Crippen LogP contribution is -2.25. The molecule has 0 radical (unpaired) electrons. The predicted molar refractivity (Wildman–Crippen MR) is 78.2 cm³/mol. The zero-order chi connectivity index (χ0) is 16.9. The highest BCUT2D eigenvalue weighted by atomic mass is 32.3. The average molecular weight is 340 g/mol. The molecular weight excluding hydrogens is 327 g/mol. The molecule has 3 rings (SSSR count). The van der Waals surface area contributed by atoms with E-state index in [1.54, 1.807) is 0 Å². The number of carbonyl (C=O) groups excluding carboxylic acids is 3. The Labute approximate surface area is 131 Å². The molecule has 7 nitrogen and oxygen atoms in total. The highest BCUT2D eigenvalue weighted by molar-refractivity contribution is 7.86. The second kappa shape index (κ2) is 5.12. The summed E-state index contributed by atoms with van der Waals surface area (Å²) in [6, 6.07) is 4.41. The number of anilines is 1. The van der Waals surface area contributed by atoms with E-state index in [0.29, 0.717) is 5.69 Å². The SMILES string of the molecule is CN1C(=O)c2ccc(N3CC(CS(=O)(=O)F)CC3=O)cc2C1=O. The van der Waals surface area contributed by atoms with Gasteiger partial charge >= 0.3 is 10.2 Å². The molecule has 2 aliphatic heterocycles. The van der Waals surface area contributed by atoms with Crippen molar-refractivity contribution in [2.75, 3.05) is 24.2 Å². The van der Waals surface area contributed by atoms with Crippen molar-refractivity contribution in [2.24, 2.45) is 5.92 Å². The van der Waals surface area contributed by atoms with Crippen LogP contribution in [0, 0.1) is 5.92 Å². The second-order valence-electron chi connectivity index (χ2n) is 5.68. The quantitative estimate of drug-likeness (QED) is 0.592. The van der Waals surface area contributed by atoms with E-state index in [1.165, 1.54) is 30.1 Å². The van der Waals surface area contributed by atoms with Crippen LogP contribution in [0.25, 0.3) is 0 Å². The van der Waals surface area contributed by atoms with Gasteiger partial charge in [0.2, 0.25) is 5.91 Å². The van der Waals surface area contributed by atoms with Gasteiger partial charge in [0.1, 0.15) is 0 Å². The molecule has 1 aromatic rings. The number of nitrogens with zero attached hydrogens (tertiary/aromatic N) is 2. The molecule has 0 N–H and O–H groups in total. The molecule has 122 valence electrons. The Balaban J connectivity index is 1.88. The van der Waals surface area contributed by atoms with Gasteiger partial charge in [-0.05, 0) is 18.2 Å². The number of hydrogen-bond donors (Lipinski definition) is 0. The second-order valence-corrected chi connectivity index (χ2v) is 7.09. The fourth-order valence-corrected chi connectivity index (χ4v) is 3.73. The summed E-state index contributed by atoms with van der Waals surface area (Å²) in [7, 11) is -3.29. The van der Waals surface area contributed by atoms with Crippen LogP contribution in [0.3, 0.4) is 0 Å². The highest BCUT2D eigenvalue weighted by Crippen LogP contribution is 2.30. The van der Waals surface area contributed by atoms with Gasteiger partial charge in [0.05, 0.1) is 16.9 Å². The molecule has 1 fully saturated rings. The monoisotopic (exact) mass is 340 g/mol. The number of amides is 3. The van der Waals surface area contributed by atoms with Gasteiger partial charge in [-0.15, -0.1) is 3.89 Å². The summed E-state index contributed by atoms with van der Waals surface area (Å²) >= 11 is 0. The van der Waals surface area contributed by atoms with Crippen LogP contribution >= 0.6 is 0 Å². The van der Waals surface area contributed by atoms with Crippen LogP contribution in [0.2, 0.25) is 0 Å². The van der Waals surface area contributed by atoms with Crippen LogP contribution in [0.15, 0.2) is 18.2 Å². The van der Waals surface area contributed by atoms with Gasteiger partial charge in [-0.1, -0.05) is 0 Å². The molecule has 2 aliphatic rings.